The van der Waals surface area contributed by atoms with Crippen LogP contribution in [-0.4, -0.2) is 64.9 Å². The van der Waals surface area contributed by atoms with E-state index in [9.17, 15) is 4.79 Å². The fourth-order valence-corrected chi connectivity index (χ4v) is 4.70. The molecule has 5 heterocycles. The molecular weight excluding hydrogens is 458 g/mol. The van der Waals surface area contributed by atoms with Crippen molar-refractivity contribution in [1.29, 1.82) is 0 Å². The second kappa shape index (κ2) is 10.0. The maximum atomic E-state index is 12.8. The molecule has 0 radical (unpaired) electrons. The fourth-order valence-electron chi connectivity index (χ4n) is 4.70. The lowest BCUT2D eigenvalue weighted by Crippen LogP contribution is -2.46. The number of pyridine rings is 1. The highest BCUT2D eigenvalue weighted by molar-refractivity contribution is 5.69. The summed E-state index contributed by atoms with van der Waals surface area (Å²) in [4.78, 5) is 23.7. The number of ether oxygens (including phenoxy) is 2. The Morgan fingerprint density at radius 2 is 2.11 bits per heavy atom. The van der Waals surface area contributed by atoms with Gasteiger partial charge in [0.05, 0.1) is 37.5 Å². The van der Waals surface area contributed by atoms with Gasteiger partial charge in [-0.25, -0.2) is 14.5 Å². The highest BCUT2D eigenvalue weighted by atomic mass is 16.6. The minimum Gasteiger partial charge on any atom is -0.444 e. The topological polar surface area (TPSA) is 100 Å². The first-order valence-corrected chi connectivity index (χ1v) is 12.8. The molecule has 2 unspecified atom stereocenters. The molecule has 36 heavy (non-hydrogen) atoms. The van der Waals surface area contributed by atoms with E-state index in [0.29, 0.717) is 26.1 Å². The van der Waals surface area contributed by atoms with Crippen molar-refractivity contribution in [1.82, 2.24) is 34.4 Å². The van der Waals surface area contributed by atoms with Crippen molar-refractivity contribution < 1.29 is 14.3 Å². The summed E-state index contributed by atoms with van der Waals surface area (Å²) in [5.41, 5.74) is 2.22. The number of hydrogen-bond donors (Lipinski definition) is 0. The Balaban J connectivity index is 1.42. The van der Waals surface area contributed by atoms with Gasteiger partial charge in [0.25, 0.3) is 0 Å². The summed E-state index contributed by atoms with van der Waals surface area (Å²) < 4.78 is 15.5. The third-order valence-corrected chi connectivity index (χ3v) is 6.47. The second-order valence-corrected chi connectivity index (χ2v) is 10.7. The van der Waals surface area contributed by atoms with Crippen LogP contribution < -0.4 is 0 Å². The van der Waals surface area contributed by atoms with Crippen LogP contribution in [-0.2, 0) is 35.5 Å². The quantitative estimate of drug-likeness (QED) is 0.532. The lowest BCUT2D eigenvalue weighted by atomic mass is 10.1. The van der Waals surface area contributed by atoms with Crippen LogP contribution >= 0.6 is 0 Å². The Hall–Kier alpha value is -3.27. The van der Waals surface area contributed by atoms with E-state index in [2.05, 4.69) is 4.98 Å². The summed E-state index contributed by atoms with van der Waals surface area (Å²) in [7, 11) is 0. The molecule has 0 aliphatic carbocycles. The molecular formula is C26H35N7O3. The van der Waals surface area contributed by atoms with Crippen LogP contribution in [0.1, 0.15) is 64.0 Å². The van der Waals surface area contributed by atoms with E-state index in [1.54, 1.807) is 11.1 Å². The first-order valence-electron chi connectivity index (χ1n) is 12.8. The zero-order valence-corrected chi connectivity index (χ0v) is 21.6. The summed E-state index contributed by atoms with van der Waals surface area (Å²) in [5.74, 6) is 1.45. The minimum atomic E-state index is -0.540. The van der Waals surface area contributed by atoms with Crippen LogP contribution in [0.25, 0.3) is 11.5 Å². The standard InChI is InChI=1S/C26H35N7O3/c1-18-15-32-20(16-31(18)25(34)36-26(2,3)4)13-22(29-32)24-28-23(12-19-8-7-10-27-14-19)30-33(24)17-21-9-5-6-11-35-21/h7-8,10,13-14,18,21H,5-6,9,11-12,15-17H2,1-4H3. The van der Waals surface area contributed by atoms with Crippen molar-refractivity contribution >= 4 is 6.09 Å². The van der Waals surface area contributed by atoms with Gasteiger partial charge in [-0.1, -0.05) is 6.07 Å². The average Bonchev–Trinajstić information content (AvgIpc) is 3.42. The van der Waals surface area contributed by atoms with Crippen LogP contribution in [0.2, 0.25) is 0 Å². The maximum Gasteiger partial charge on any atom is 0.410 e. The van der Waals surface area contributed by atoms with Crippen molar-refractivity contribution in [2.24, 2.45) is 0 Å². The maximum absolute atomic E-state index is 12.8. The summed E-state index contributed by atoms with van der Waals surface area (Å²) in [6.45, 7) is 10.1. The molecule has 2 aliphatic heterocycles. The van der Waals surface area contributed by atoms with Gasteiger partial charge in [-0.15, -0.1) is 0 Å². The Kier molecular flexibility index (Phi) is 6.79. The summed E-state index contributed by atoms with van der Waals surface area (Å²) in [6.07, 6.45) is 7.29. The SMILES string of the molecule is CC1Cn2nc(-c3nc(Cc4cccnc4)nn3CC3CCCCO3)cc2CN1C(=O)OC(C)(C)C. The van der Waals surface area contributed by atoms with Crippen molar-refractivity contribution in [2.75, 3.05) is 6.61 Å². The van der Waals surface area contributed by atoms with E-state index in [4.69, 9.17) is 24.7 Å². The summed E-state index contributed by atoms with van der Waals surface area (Å²) in [5, 5.41) is 9.72. The number of fused-ring (bicyclic) bond motifs is 1. The summed E-state index contributed by atoms with van der Waals surface area (Å²) >= 11 is 0. The van der Waals surface area contributed by atoms with Gasteiger partial charge < -0.3 is 9.47 Å². The molecule has 0 N–H and O–H groups in total. The van der Waals surface area contributed by atoms with Crippen LogP contribution in [0, 0.1) is 0 Å². The molecule has 1 saturated heterocycles. The van der Waals surface area contributed by atoms with Gasteiger partial charge in [0.1, 0.15) is 11.3 Å². The van der Waals surface area contributed by atoms with E-state index in [-0.39, 0.29) is 18.2 Å². The van der Waals surface area contributed by atoms with E-state index in [0.717, 1.165) is 54.5 Å². The van der Waals surface area contributed by atoms with E-state index in [1.165, 1.54) is 0 Å². The molecule has 10 nitrogen and oxygen atoms in total. The fraction of sp³-hybridized carbons (Fsp3) is 0.577. The molecule has 3 aromatic rings. The molecule has 0 saturated carbocycles. The van der Waals surface area contributed by atoms with Crippen LogP contribution in [0.15, 0.2) is 30.6 Å². The van der Waals surface area contributed by atoms with E-state index in [1.807, 2.05) is 61.5 Å². The smallest absolute Gasteiger partial charge is 0.410 e. The molecule has 2 atom stereocenters. The van der Waals surface area contributed by atoms with Crippen molar-refractivity contribution in [3.05, 3.63) is 47.7 Å². The second-order valence-electron chi connectivity index (χ2n) is 10.7. The van der Waals surface area contributed by atoms with E-state index < -0.39 is 5.60 Å². The third kappa shape index (κ3) is 5.59. The molecule has 1 amide bonds. The lowest BCUT2D eigenvalue weighted by Gasteiger charge is -2.35. The van der Waals surface area contributed by atoms with Gasteiger partial charge in [0.15, 0.2) is 11.6 Å². The summed E-state index contributed by atoms with van der Waals surface area (Å²) in [6, 6.07) is 5.93. The number of nitrogens with zero attached hydrogens (tertiary/aromatic N) is 7. The minimum absolute atomic E-state index is 0.0326. The number of carbonyl (C=O) groups excluding carboxylic acids is 1. The Morgan fingerprint density at radius 3 is 2.83 bits per heavy atom. The van der Waals surface area contributed by atoms with Crippen molar-refractivity contribution in [3.8, 4) is 11.5 Å². The third-order valence-electron chi connectivity index (χ3n) is 6.47. The highest BCUT2D eigenvalue weighted by Crippen LogP contribution is 2.26. The van der Waals surface area contributed by atoms with Gasteiger partial charge in [-0.05, 0) is 64.7 Å². The predicted octanol–water partition coefficient (Wildman–Crippen LogP) is 3.84. The van der Waals surface area contributed by atoms with Gasteiger partial charge in [-0.3, -0.25) is 14.6 Å². The Morgan fingerprint density at radius 1 is 1.25 bits per heavy atom. The highest BCUT2D eigenvalue weighted by Gasteiger charge is 2.32. The normalized spacial score (nSPS) is 20.3. The molecule has 0 spiro atoms. The molecule has 0 bridgehead atoms. The first kappa shape index (κ1) is 24.4. The molecule has 5 rings (SSSR count). The number of amides is 1. The number of aromatic nitrogens is 6. The van der Waals surface area contributed by atoms with Crippen LogP contribution in [0.5, 0.6) is 0 Å². The molecule has 2 aliphatic rings. The first-order chi connectivity index (χ1) is 17.2. The van der Waals surface area contributed by atoms with Gasteiger partial charge in [-0.2, -0.15) is 10.2 Å². The number of carbonyl (C=O) groups is 1. The lowest BCUT2D eigenvalue weighted by molar-refractivity contribution is 0.00417. The average molecular weight is 494 g/mol. The van der Waals surface area contributed by atoms with Crippen LogP contribution in [0.4, 0.5) is 4.79 Å². The monoisotopic (exact) mass is 493 g/mol. The largest absolute Gasteiger partial charge is 0.444 e. The Labute approximate surface area is 211 Å². The molecule has 0 aromatic carbocycles. The van der Waals surface area contributed by atoms with Gasteiger partial charge >= 0.3 is 6.09 Å². The van der Waals surface area contributed by atoms with E-state index >= 15 is 0 Å². The van der Waals surface area contributed by atoms with Crippen molar-refractivity contribution in [2.45, 2.75) is 90.8 Å². The predicted molar refractivity (Wildman–Crippen MR) is 133 cm³/mol. The van der Waals surface area contributed by atoms with Gasteiger partial charge in [0.2, 0.25) is 0 Å². The number of rotatable bonds is 5. The molecule has 192 valence electrons. The van der Waals surface area contributed by atoms with Crippen LogP contribution in [0.3, 0.4) is 0 Å². The zero-order valence-electron chi connectivity index (χ0n) is 21.6. The number of hydrogen-bond acceptors (Lipinski definition) is 7. The molecule has 10 heteroatoms. The zero-order chi connectivity index (χ0) is 25.3. The van der Waals surface area contributed by atoms with Crippen molar-refractivity contribution in [3.63, 3.8) is 0 Å². The Bertz CT molecular complexity index is 1190. The molecule has 1 fully saturated rings. The van der Waals surface area contributed by atoms with Gasteiger partial charge in [0, 0.05) is 25.4 Å². The molecule has 3 aromatic heterocycles.